The van der Waals surface area contributed by atoms with Crippen LogP contribution in [0, 0.1) is 5.82 Å². The Bertz CT molecular complexity index is 372. The first kappa shape index (κ1) is 13.0. The number of benzene rings is 1. The van der Waals surface area contributed by atoms with Crippen LogP contribution in [0.2, 0.25) is 0 Å². The molecular formula is C13H19FO2. The van der Waals surface area contributed by atoms with Crippen molar-refractivity contribution in [1.82, 2.24) is 0 Å². The molecule has 0 spiro atoms. The van der Waals surface area contributed by atoms with E-state index in [-0.39, 0.29) is 12.4 Å². The van der Waals surface area contributed by atoms with Gasteiger partial charge >= 0.3 is 0 Å². The predicted octanol–water partition coefficient (Wildman–Crippen LogP) is 2.67. The molecule has 3 heteroatoms. The summed E-state index contributed by atoms with van der Waals surface area (Å²) in [6.45, 7) is 5.71. The Kier molecular flexibility index (Phi) is 3.92. The Morgan fingerprint density at radius 2 is 2.00 bits per heavy atom. The summed E-state index contributed by atoms with van der Waals surface area (Å²) < 4.78 is 18.7. The first-order valence-corrected chi connectivity index (χ1v) is 5.44. The van der Waals surface area contributed by atoms with Gasteiger partial charge in [0, 0.05) is 17.0 Å². The first-order valence-electron chi connectivity index (χ1n) is 5.44. The van der Waals surface area contributed by atoms with Gasteiger partial charge in [-0.3, -0.25) is 0 Å². The summed E-state index contributed by atoms with van der Waals surface area (Å²) in [7, 11) is 1.51. The third-order valence-corrected chi connectivity index (χ3v) is 2.87. The van der Waals surface area contributed by atoms with Crippen molar-refractivity contribution in [3.8, 4) is 5.75 Å². The van der Waals surface area contributed by atoms with E-state index in [0.29, 0.717) is 17.7 Å². The fourth-order valence-corrected chi connectivity index (χ4v) is 1.65. The van der Waals surface area contributed by atoms with E-state index in [9.17, 15) is 9.50 Å². The second-order valence-corrected chi connectivity index (χ2v) is 4.54. The lowest BCUT2D eigenvalue weighted by atomic mass is 9.83. The highest BCUT2D eigenvalue weighted by atomic mass is 19.1. The van der Waals surface area contributed by atoms with Crippen LogP contribution in [0.3, 0.4) is 0 Å². The molecule has 0 fully saturated rings. The summed E-state index contributed by atoms with van der Waals surface area (Å²) in [5.41, 5.74) is 1.07. The fourth-order valence-electron chi connectivity index (χ4n) is 1.65. The largest absolute Gasteiger partial charge is 0.496 e. The molecule has 0 aliphatic heterocycles. The molecule has 90 valence electrons. The van der Waals surface area contributed by atoms with E-state index in [1.807, 2.05) is 20.8 Å². The Labute approximate surface area is 96.1 Å². The molecule has 0 atom stereocenters. The topological polar surface area (TPSA) is 29.5 Å². The average molecular weight is 226 g/mol. The van der Waals surface area contributed by atoms with E-state index in [1.165, 1.54) is 13.2 Å². The van der Waals surface area contributed by atoms with Crippen molar-refractivity contribution in [2.75, 3.05) is 13.7 Å². The van der Waals surface area contributed by atoms with Crippen LogP contribution in [0.25, 0.3) is 0 Å². The minimum Gasteiger partial charge on any atom is -0.496 e. The van der Waals surface area contributed by atoms with Crippen molar-refractivity contribution >= 4 is 0 Å². The van der Waals surface area contributed by atoms with Gasteiger partial charge in [-0.2, -0.15) is 0 Å². The lowest BCUT2D eigenvalue weighted by Gasteiger charge is -2.25. The molecule has 0 radical (unpaired) electrons. The van der Waals surface area contributed by atoms with E-state index in [0.717, 1.165) is 5.56 Å². The van der Waals surface area contributed by atoms with Crippen LogP contribution in [0.15, 0.2) is 12.1 Å². The van der Waals surface area contributed by atoms with Gasteiger partial charge in [-0.05, 0) is 18.1 Å². The van der Waals surface area contributed by atoms with Gasteiger partial charge in [0.15, 0.2) is 0 Å². The summed E-state index contributed by atoms with van der Waals surface area (Å²) in [5, 5.41) is 9.35. The van der Waals surface area contributed by atoms with Crippen molar-refractivity contribution in [3.63, 3.8) is 0 Å². The number of aliphatic hydroxyl groups excluding tert-OH is 1. The maximum Gasteiger partial charge on any atom is 0.130 e. The third-order valence-electron chi connectivity index (χ3n) is 2.87. The molecule has 1 aromatic carbocycles. The molecule has 0 saturated carbocycles. The third kappa shape index (κ3) is 2.35. The highest BCUT2D eigenvalue weighted by Gasteiger charge is 2.25. The van der Waals surface area contributed by atoms with Crippen LogP contribution in [-0.2, 0) is 11.8 Å². The Morgan fingerprint density at radius 1 is 1.38 bits per heavy atom. The first-order chi connectivity index (χ1) is 7.46. The molecule has 0 unspecified atom stereocenters. The molecule has 0 amide bonds. The van der Waals surface area contributed by atoms with Gasteiger partial charge < -0.3 is 9.84 Å². The Balaban J connectivity index is 3.36. The molecule has 1 aromatic rings. The summed E-state index contributed by atoms with van der Waals surface area (Å²) >= 11 is 0. The number of methoxy groups -OCH3 is 1. The van der Waals surface area contributed by atoms with Crippen LogP contribution < -0.4 is 4.74 Å². The zero-order valence-electron chi connectivity index (χ0n) is 10.3. The van der Waals surface area contributed by atoms with E-state index in [1.54, 1.807) is 6.07 Å². The van der Waals surface area contributed by atoms with Gasteiger partial charge in [-0.15, -0.1) is 0 Å². The minimum absolute atomic E-state index is 0.00184. The van der Waals surface area contributed by atoms with Gasteiger partial charge in [0.1, 0.15) is 11.6 Å². The van der Waals surface area contributed by atoms with Gasteiger partial charge in [0.05, 0.1) is 13.7 Å². The maximum atomic E-state index is 13.6. The Morgan fingerprint density at radius 3 is 2.44 bits per heavy atom. The second kappa shape index (κ2) is 4.83. The molecule has 0 aliphatic rings. The fraction of sp³-hybridized carbons (Fsp3) is 0.538. The van der Waals surface area contributed by atoms with Crippen LogP contribution in [0.5, 0.6) is 5.75 Å². The lowest BCUT2D eigenvalue weighted by molar-refractivity contribution is 0.214. The number of hydrogen-bond donors (Lipinski definition) is 1. The second-order valence-electron chi connectivity index (χ2n) is 4.54. The molecule has 1 N–H and O–H groups in total. The van der Waals surface area contributed by atoms with Crippen molar-refractivity contribution in [2.45, 2.75) is 32.6 Å². The number of aliphatic hydroxyl groups is 1. The van der Waals surface area contributed by atoms with Crippen molar-refractivity contribution in [3.05, 3.63) is 29.1 Å². The average Bonchev–Trinajstić information content (AvgIpc) is 2.28. The van der Waals surface area contributed by atoms with Gasteiger partial charge in [0.2, 0.25) is 0 Å². The molecule has 0 bridgehead atoms. The molecule has 0 saturated heterocycles. The number of aryl methyl sites for hydroxylation is 1. The van der Waals surface area contributed by atoms with E-state index in [2.05, 4.69) is 0 Å². The van der Waals surface area contributed by atoms with E-state index < -0.39 is 5.41 Å². The zero-order valence-corrected chi connectivity index (χ0v) is 10.3. The van der Waals surface area contributed by atoms with Crippen LogP contribution in [-0.4, -0.2) is 18.8 Å². The normalized spacial score (nSPS) is 11.6. The maximum absolute atomic E-state index is 13.6. The zero-order chi connectivity index (χ0) is 12.3. The molecular weight excluding hydrogens is 207 g/mol. The van der Waals surface area contributed by atoms with Crippen LogP contribution in [0.1, 0.15) is 31.9 Å². The van der Waals surface area contributed by atoms with Gasteiger partial charge in [0.25, 0.3) is 0 Å². The standard InChI is InChI=1S/C13H19FO2/c1-5-9-6-10(13(2,3)8-15)12(16-4)7-11(9)14/h6-7,15H,5,8H2,1-4H3. The molecule has 2 nitrogen and oxygen atoms in total. The monoisotopic (exact) mass is 226 g/mol. The minimum atomic E-state index is -0.428. The number of rotatable bonds is 4. The SMILES string of the molecule is CCc1cc(C(C)(C)CO)c(OC)cc1F. The van der Waals surface area contributed by atoms with Gasteiger partial charge in [-0.25, -0.2) is 4.39 Å². The summed E-state index contributed by atoms with van der Waals surface area (Å²) in [6.07, 6.45) is 0.629. The summed E-state index contributed by atoms with van der Waals surface area (Å²) in [5.74, 6) is 0.241. The molecule has 0 heterocycles. The smallest absolute Gasteiger partial charge is 0.130 e. The number of ether oxygens (including phenoxy) is 1. The highest BCUT2D eigenvalue weighted by Crippen LogP contribution is 2.33. The van der Waals surface area contributed by atoms with E-state index >= 15 is 0 Å². The lowest BCUT2D eigenvalue weighted by Crippen LogP contribution is -2.23. The van der Waals surface area contributed by atoms with Crippen LogP contribution in [0.4, 0.5) is 4.39 Å². The molecule has 1 rings (SSSR count). The van der Waals surface area contributed by atoms with E-state index in [4.69, 9.17) is 4.74 Å². The molecule has 16 heavy (non-hydrogen) atoms. The highest BCUT2D eigenvalue weighted by molar-refractivity contribution is 5.43. The quantitative estimate of drug-likeness (QED) is 0.855. The number of hydrogen-bond acceptors (Lipinski definition) is 2. The number of halogens is 1. The van der Waals surface area contributed by atoms with Crippen molar-refractivity contribution in [2.24, 2.45) is 0 Å². The Hall–Kier alpha value is -1.09. The molecule has 0 aliphatic carbocycles. The van der Waals surface area contributed by atoms with Crippen molar-refractivity contribution in [1.29, 1.82) is 0 Å². The predicted molar refractivity (Wildman–Crippen MR) is 62.4 cm³/mol. The molecule has 0 aromatic heterocycles. The van der Waals surface area contributed by atoms with Crippen LogP contribution >= 0.6 is 0 Å². The van der Waals surface area contributed by atoms with Gasteiger partial charge in [-0.1, -0.05) is 20.8 Å². The summed E-state index contributed by atoms with van der Waals surface area (Å²) in [6, 6.07) is 3.18. The van der Waals surface area contributed by atoms with Crippen molar-refractivity contribution < 1.29 is 14.2 Å². The summed E-state index contributed by atoms with van der Waals surface area (Å²) in [4.78, 5) is 0.